The van der Waals surface area contributed by atoms with E-state index in [9.17, 15) is 10.1 Å². The Morgan fingerprint density at radius 1 is 1.19 bits per heavy atom. The number of ether oxygens (including phenoxy) is 2. The van der Waals surface area contributed by atoms with Gasteiger partial charge in [0, 0.05) is 15.5 Å². The summed E-state index contributed by atoms with van der Waals surface area (Å²) in [6.07, 6.45) is 1.61. The van der Waals surface area contributed by atoms with E-state index in [1.54, 1.807) is 31.5 Å². The zero-order valence-electron chi connectivity index (χ0n) is 20.8. The highest BCUT2D eigenvalue weighted by Crippen LogP contribution is 2.34. The van der Waals surface area contributed by atoms with Crippen LogP contribution in [0, 0.1) is 14.9 Å². The molecule has 0 aliphatic heterocycles. The molecule has 0 unspecified atom stereocenters. The SMILES string of the molecule is COc1cc(C=Nn2c(C(C)(C)C)nc3ccc(Br)cc3c2=O)cc(I)c1OCc1ccccc1C#N. The van der Waals surface area contributed by atoms with E-state index in [4.69, 9.17) is 14.5 Å². The highest BCUT2D eigenvalue weighted by molar-refractivity contribution is 14.1. The van der Waals surface area contributed by atoms with E-state index in [-0.39, 0.29) is 12.2 Å². The second-order valence-corrected chi connectivity index (χ2v) is 11.4. The van der Waals surface area contributed by atoms with Gasteiger partial charge in [-0.1, -0.05) is 54.9 Å². The van der Waals surface area contributed by atoms with E-state index in [1.807, 2.05) is 57.2 Å². The average Bonchev–Trinajstić information content (AvgIpc) is 2.87. The minimum atomic E-state index is -0.415. The molecule has 0 radical (unpaired) electrons. The summed E-state index contributed by atoms with van der Waals surface area (Å²) >= 11 is 5.61. The van der Waals surface area contributed by atoms with Gasteiger partial charge in [0.15, 0.2) is 11.5 Å². The van der Waals surface area contributed by atoms with Crippen molar-refractivity contribution >= 4 is 55.6 Å². The van der Waals surface area contributed by atoms with Gasteiger partial charge in [-0.05, 0) is 64.6 Å². The van der Waals surface area contributed by atoms with Gasteiger partial charge < -0.3 is 9.47 Å². The molecule has 37 heavy (non-hydrogen) atoms. The van der Waals surface area contributed by atoms with Gasteiger partial charge in [0.25, 0.3) is 5.56 Å². The molecule has 0 atom stereocenters. The first-order valence-corrected chi connectivity index (χ1v) is 13.2. The maximum atomic E-state index is 13.4. The molecule has 1 aromatic heterocycles. The minimum absolute atomic E-state index is 0.228. The van der Waals surface area contributed by atoms with Crippen LogP contribution in [-0.4, -0.2) is 23.0 Å². The number of hydrogen-bond acceptors (Lipinski definition) is 6. The van der Waals surface area contributed by atoms with Crippen LogP contribution in [0.1, 0.15) is 43.3 Å². The number of benzene rings is 3. The van der Waals surface area contributed by atoms with E-state index in [0.29, 0.717) is 33.8 Å². The van der Waals surface area contributed by atoms with Gasteiger partial charge in [0.05, 0.1) is 39.4 Å². The Bertz CT molecular complexity index is 1620. The molecule has 7 nitrogen and oxygen atoms in total. The van der Waals surface area contributed by atoms with Gasteiger partial charge in [-0.3, -0.25) is 4.79 Å². The molecular weight excluding hydrogens is 647 g/mol. The summed E-state index contributed by atoms with van der Waals surface area (Å²) in [6, 6.07) is 18.6. The summed E-state index contributed by atoms with van der Waals surface area (Å²) in [7, 11) is 1.57. The standard InChI is InChI=1S/C28H24BrIN4O3/c1-28(2,3)27-33-23-10-9-20(29)13-21(23)26(35)34(27)32-15-17-11-22(30)25(24(12-17)36-4)37-16-19-8-6-5-7-18(19)14-31/h5-13,15H,16H2,1-4H3. The fraction of sp³-hybridized carbons (Fsp3) is 0.214. The zero-order chi connectivity index (χ0) is 26.7. The molecule has 0 N–H and O–H groups in total. The van der Waals surface area contributed by atoms with Crippen molar-refractivity contribution in [1.29, 1.82) is 5.26 Å². The molecule has 4 rings (SSSR count). The Morgan fingerprint density at radius 2 is 1.95 bits per heavy atom. The summed E-state index contributed by atoms with van der Waals surface area (Å²) in [5.41, 5.74) is 2.05. The molecule has 4 aromatic rings. The number of aromatic nitrogens is 2. The van der Waals surface area contributed by atoms with Crippen molar-refractivity contribution in [2.24, 2.45) is 5.10 Å². The lowest BCUT2D eigenvalue weighted by atomic mass is 9.95. The van der Waals surface area contributed by atoms with Gasteiger partial charge in [0.1, 0.15) is 12.4 Å². The van der Waals surface area contributed by atoms with E-state index < -0.39 is 5.41 Å². The quantitative estimate of drug-likeness (QED) is 0.175. The number of nitrogens with zero attached hydrogens (tertiary/aromatic N) is 4. The Labute approximate surface area is 237 Å². The predicted octanol–water partition coefficient (Wildman–Crippen LogP) is 6.40. The number of nitriles is 1. The third kappa shape index (κ3) is 5.86. The first-order valence-electron chi connectivity index (χ1n) is 11.4. The van der Waals surface area contributed by atoms with Crippen LogP contribution in [0.3, 0.4) is 0 Å². The molecular formula is C28H24BrIN4O3. The lowest BCUT2D eigenvalue weighted by molar-refractivity contribution is 0.282. The van der Waals surface area contributed by atoms with Crippen molar-refractivity contribution in [1.82, 2.24) is 9.66 Å². The van der Waals surface area contributed by atoms with Crippen molar-refractivity contribution in [2.45, 2.75) is 32.8 Å². The zero-order valence-corrected chi connectivity index (χ0v) is 24.5. The van der Waals surface area contributed by atoms with E-state index >= 15 is 0 Å². The summed E-state index contributed by atoms with van der Waals surface area (Å²) in [4.78, 5) is 18.2. The summed E-state index contributed by atoms with van der Waals surface area (Å²) in [5.74, 6) is 1.64. The van der Waals surface area contributed by atoms with E-state index in [2.05, 4.69) is 49.7 Å². The number of halogens is 2. The molecule has 0 saturated carbocycles. The smallest absolute Gasteiger partial charge is 0.282 e. The molecule has 0 fully saturated rings. The lowest BCUT2D eigenvalue weighted by Crippen LogP contribution is -2.29. The third-order valence-corrected chi connectivity index (χ3v) is 6.86. The van der Waals surface area contributed by atoms with Crippen molar-refractivity contribution in [2.75, 3.05) is 7.11 Å². The summed E-state index contributed by atoms with van der Waals surface area (Å²) < 4.78 is 14.6. The molecule has 0 aliphatic rings. The number of methoxy groups -OCH3 is 1. The number of hydrogen-bond donors (Lipinski definition) is 0. The van der Waals surface area contributed by atoms with Crippen molar-refractivity contribution in [3.8, 4) is 17.6 Å². The van der Waals surface area contributed by atoms with E-state index in [1.165, 1.54) is 4.68 Å². The van der Waals surface area contributed by atoms with Gasteiger partial charge in [-0.25, -0.2) is 4.98 Å². The van der Waals surface area contributed by atoms with Crippen LogP contribution in [0.2, 0.25) is 0 Å². The maximum Gasteiger partial charge on any atom is 0.282 e. The molecule has 0 spiro atoms. The van der Waals surface area contributed by atoms with Crippen molar-refractivity contribution in [3.05, 3.63) is 95.5 Å². The largest absolute Gasteiger partial charge is 0.493 e. The summed E-state index contributed by atoms with van der Waals surface area (Å²) in [6.45, 7) is 6.21. The molecule has 1 heterocycles. The Hall–Kier alpha value is -3.23. The molecule has 3 aromatic carbocycles. The van der Waals surface area contributed by atoms with Crippen LogP contribution in [0.25, 0.3) is 10.9 Å². The van der Waals surface area contributed by atoms with Gasteiger partial charge in [-0.15, -0.1) is 0 Å². The van der Waals surface area contributed by atoms with Crippen LogP contribution in [0.15, 0.2) is 69.0 Å². The molecule has 0 saturated heterocycles. The summed E-state index contributed by atoms with van der Waals surface area (Å²) in [5, 5.41) is 14.4. The number of fused-ring (bicyclic) bond motifs is 1. The van der Waals surface area contributed by atoms with Crippen LogP contribution < -0.4 is 15.0 Å². The lowest BCUT2D eigenvalue weighted by Gasteiger charge is -2.21. The molecule has 0 bridgehead atoms. The fourth-order valence-corrected chi connectivity index (χ4v) is 4.87. The second-order valence-electron chi connectivity index (χ2n) is 9.30. The van der Waals surface area contributed by atoms with Crippen molar-refractivity contribution < 1.29 is 9.47 Å². The van der Waals surface area contributed by atoms with Crippen LogP contribution in [-0.2, 0) is 12.0 Å². The predicted molar refractivity (Wildman–Crippen MR) is 157 cm³/mol. The molecule has 188 valence electrons. The maximum absolute atomic E-state index is 13.4. The third-order valence-electron chi connectivity index (χ3n) is 5.56. The van der Waals surface area contributed by atoms with Crippen molar-refractivity contribution in [3.63, 3.8) is 0 Å². The Balaban J connectivity index is 1.72. The Kier molecular flexibility index (Phi) is 7.99. The highest BCUT2D eigenvalue weighted by atomic mass is 127. The van der Waals surface area contributed by atoms with E-state index in [0.717, 1.165) is 19.2 Å². The highest BCUT2D eigenvalue weighted by Gasteiger charge is 2.23. The monoisotopic (exact) mass is 670 g/mol. The topological polar surface area (TPSA) is 89.5 Å². The van der Waals surface area contributed by atoms with Gasteiger partial charge >= 0.3 is 0 Å². The normalized spacial score (nSPS) is 11.6. The Morgan fingerprint density at radius 3 is 2.65 bits per heavy atom. The first-order chi connectivity index (χ1) is 17.6. The fourth-order valence-electron chi connectivity index (χ4n) is 3.73. The molecule has 0 amide bonds. The minimum Gasteiger partial charge on any atom is -0.493 e. The van der Waals surface area contributed by atoms with Gasteiger partial charge in [-0.2, -0.15) is 15.0 Å². The first kappa shape index (κ1) is 26.8. The second kappa shape index (κ2) is 11.0. The van der Waals surface area contributed by atoms with Crippen LogP contribution in [0.4, 0.5) is 0 Å². The van der Waals surface area contributed by atoms with Crippen LogP contribution in [0.5, 0.6) is 11.5 Å². The average molecular weight is 671 g/mol. The van der Waals surface area contributed by atoms with Crippen LogP contribution >= 0.6 is 38.5 Å². The number of rotatable bonds is 6. The van der Waals surface area contributed by atoms with Gasteiger partial charge in [0.2, 0.25) is 0 Å². The molecule has 9 heteroatoms. The molecule has 0 aliphatic carbocycles.